The maximum atomic E-state index is 11.6. The van der Waals surface area contributed by atoms with Crippen LogP contribution in [0.25, 0.3) is 0 Å². The summed E-state index contributed by atoms with van der Waals surface area (Å²) in [7, 11) is 0. The van der Waals surface area contributed by atoms with Gasteiger partial charge in [0.25, 0.3) is 0 Å². The molecular formula is C16H20O7. The lowest BCUT2D eigenvalue weighted by molar-refractivity contribution is -0.218. The molecule has 0 bridgehead atoms. The maximum Gasteiger partial charge on any atom is 0.508 e. The van der Waals surface area contributed by atoms with Crippen LogP contribution in [0.2, 0.25) is 0 Å². The Balaban J connectivity index is 1.42. The Kier molecular flexibility index (Phi) is 4.54. The van der Waals surface area contributed by atoms with Crippen molar-refractivity contribution in [2.75, 3.05) is 6.61 Å². The minimum absolute atomic E-state index is 0.124. The van der Waals surface area contributed by atoms with Gasteiger partial charge in [0, 0.05) is 0 Å². The molecule has 23 heavy (non-hydrogen) atoms. The largest absolute Gasteiger partial charge is 0.508 e. The van der Waals surface area contributed by atoms with Gasteiger partial charge in [-0.3, -0.25) is 0 Å². The lowest BCUT2D eigenvalue weighted by Crippen LogP contribution is -2.37. The van der Waals surface area contributed by atoms with E-state index in [-0.39, 0.29) is 13.2 Å². The first-order chi connectivity index (χ1) is 10.9. The van der Waals surface area contributed by atoms with Crippen LogP contribution in [0, 0.1) is 0 Å². The molecule has 1 N–H and O–H groups in total. The second kappa shape index (κ2) is 6.45. The normalized spacial score (nSPS) is 31.6. The van der Waals surface area contributed by atoms with Gasteiger partial charge < -0.3 is 28.8 Å². The van der Waals surface area contributed by atoms with Gasteiger partial charge in [-0.2, -0.15) is 0 Å². The van der Waals surface area contributed by atoms with E-state index < -0.39 is 36.5 Å². The van der Waals surface area contributed by atoms with Gasteiger partial charge in [-0.1, -0.05) is 30.3 Å². The predicted molar refractivity (Wildman–Crippen MR) is 77.3 cm³/mol. The SMILES string of the molecule is CC1(C)O[C@H]2O[C@H](COC(=O)OCc3ccccc3)[C@H](O)[C@H]2O1. The van der Waals surface area contributed by atoms with E-state index in [2.05, 4.69) is 0 Å². The fourth-order valence-corrected chi connectivity index (χ4v) is 2.60. The molecule has 0 aromatic heterocycles. The van der Waals surface area contributed by atoms with Gasteiger partial charge in [-0.15, -0.1) is 0 Å². The van der Waals surface area contributed by atoms with Gasteiger partial charge >= 0.3 is 6.16 Å². The number of carbonyl (C=O) groups is 1. The fourth-order valence-electron chi connectivity index (χ4n) is 2.60. The van der Waals surface area contributed by atoms with Crippen LogP contribution in [0.4, 0.5) is 4.79 Å². The summed E-state index contributed by atoms with van der Waals surface area (Å²) in [6.45, 7) is 3.48. The van der Waals surface area contributed by atoms with Crippen molar-refractivity contribution in [1.82, 2.24) is 0 Å². The smallest absolute Gasteiger partial charge is 0.431 e. The van der Waals surface area contributed by atoms with Crippen molar-refractivity contribution in [2.24, 2.45) is 0 Å². The van der Waals surface area contributed by atoms with E-state index in [1.807, 2.05) is 30.3 Å². The number of hydrogen-bond donors (Lipinski definition) is 1. The zero-order chi connectivity index (χ0) is 16.4. The third-order valence-electron chi connectivity index (χ3n) is 3.68. The molecule has 0 radical (unpaired) electrons. The van der Waals surface area contributed by atoms with Crippen LogP contribution >= 0.6 is 0 Å². The van der Waals surface area contributed by atoms with Gasteiger partial charge in [-0.25, -0.2) is 4.79 Å². The highest BCUT2D eigenvalue weighted by molar-refractivity contribution is 5.59. The quantitative estimate of drug-likeness (QED) is 0.842. The number of ether oxygens (including phenoxy) is 5. The number of aliphatic hydroxyl groups is 1. The Morgan fingerprint density at radius 3 is 2.65 bits per heavy atom. The molecule has 0 saturated carbocycles. The lowest BCUT2D eigenvalue weighted by Gasteiger charge is -2.22. The number of benzene rings is 1. The van der Waals surface area contributed by atoms with Crippen LogP contribution in [-0.2, 0) is 30.3 Å². The molecule has 2 heterocycles. The second-order valence-corrected chi connectivity index (χ2v) is 5.97. The lowest BCUT2D eigenvalue weighted by atomic mass is 10.1. The van der Waals surface area contributed by atoms with E-state index in [1.165, 1.54) is 0 Å². The van der Waals surface area contributed by atoms with Crippen molar-refractivity contribution < 1.29 is 33.6 Å². The molecule has 1 aromatic rings. The van der Waals surface area contributed by atoms with Crippen LogP contribution < -0.4 is 0 Å². The molecule has 3 rings (SSSR count). The van der Waals surface area contributed by atoms with Crippen molar-refractivity contribution in [3.63, 3.8) is 0 Å². The summed E-state index contributed by atoms with van der Waals surface area (Å²) < 4.78 is 26.6. The summed E-state index contributed by atoms with van der Waals surface area (Å²) in [5, 5.41) is 10.2. The summed E-state index contributed by atoms with van der Waals surface area (Å²) in [6, 6.07) is 9.27. The van der Waals surface area contributed by atoms with Crippen molar-refractivity contribution in [3.05, 3.63) is 35.9 Å². The van der Waals surface area contributed by atoms with Gasteiger partial charge in [0.15, 0.2) is 12.1 Å². The Hall–Kier alpha value is -1.67. The van der Waals surface area contributed by atoms with Gasteiger partial charge in [0.2, 0.25) is 0 Å². The van der Waals surface area contributed by atoms with E-state index >= 15 is 0 Å². The zero-order valence-electron chi connectivity index (χ0n) is 13.0. The van der Waals surface area contributed by atoms with E-state index in [4.69, 9.17) is 23.7 Å². The summed E-state index contributed by atoms with van der Waals surface area (Å²) >= 11 is 0. The molecule has 0 unspecified atom stereocenters. The first-order valence-electron chi connectivity index (χ1n) is 7.47. The zero-order valence-corrected chi connectivity index (χ0v) is 13.0. The third kappa shape index (κ3) is 3.81. The van der Waals surface area contributed by atoms with Crippen molar-refractivity contribution in [2.45, 2.75) is 50.8 Å². The van der Waals surface area contributed by atoms with Crippen molar-refractivity contribution in [3.8, 4) is 0 Å². The van der Waals surface area contributed by atoms with Crippen LogP contribution in [-0.4, -0.2) is 48.3 Å². The average Bonchev–Trinajstić information content (AvgIpc) is 2.97. The molecule has 126 valence electrons. The monoisotopic (exact) mass is 324 g/mol. The molecule has 0 aliphatic carbocycles. The molecule has 7 nitrogen and oxygen atoms in total. The Labute approximate surface area is 134 Å². The molecule has 7 heteroatoms. The summed E-state index contributed by atoms with van der Waals surface area (Å²) in [5.41, 5.74) is 0.861. The van der Waals surface area contributed by atoms with E-state index in [0.717, 1.165) is 5.56 Å². The van der Waals surface area contributed by atoms with Crippen LogP contribution in [0.15, 0.2) is 30.3 Å². The number of fused-ring (bicyclic) bond motifs is 1. The second-order valence-electron chi connectivity index (χ2n) is 5.97. The number of carbonyl (C=O) groups excluding carboxylic acids is 1. The first kappa shape index (κ1) is 16.2. The summed E-state index contributed by atoms with van der Waals surface area (Å²) in [6.07, 6.45) is -3.69. The minimum atomic E-state index is -0.927. The summed E-state index contributed by atoms with van der Waals surface area (Å²) in [5.74, 6) is -0.795. The van der Waals surface area contributed by atoms with Crippen molar-refractivity contribution in [1.29, 1.82) is 0 Å². The highest BCUT2D eigenvalue weighted by Crippen LogP contribution is 2.37. The Morgan fingerprint density at radius 1 is 1.22 bits per heavy atom. The topological polar surface area (TPSA) is 83.5 Å². The van der Waals surface area contributed by atoms with Crippen molar-refractivity contribution >= 4 is 6.16 Å². The van der Waals surface area contributed by atoms with Gasteiger partial charge in [0.1, 0.15) is 31.5 Å². The number of hydrogen-bond acceptors (Lipinski definition) is 7. The Bertz CT molecular complexity index is 545. The van der Waals surface area contributed by atoms with Crippen LogP contribution in [0.5, 0.6) is 0 Å². The fraction of sp³-hybridized carbons (Fsp3) is 0.562. The van der Waals surface area contributed by atoms with E-state index in [0.29, 0.717) is 0 Å². The molecule has 2 saturated heterocycles. The standard InChI is InChI=1S/C16H20O7/c1-16(2)22-13-12(17)11(21-14(13)23-16)9-20-15(18)19-8-10-6-4-3-5-7-10/h3-7,11-14,17H,8-9H2,1-2H3/t11-,12+,13-,14-/m1/s1. The van der Waals surface area contributed by atoms with Crippen LogP contribution in [0.1, 0.15) is 19.4 Å². The molecular weight excluding hydrogens is 304 g/mol. The van der Waals surface area contributed by atoms with Gasteiger partial charge in [0.05, 0.1) is 0 Å². The summed E-state index contributed by atoms with van der Waals surface area (Å²) in [4.78, 5) is 11.6. The predicted octanol–water partition coefficient (Wildman–Crippen LogP) is 1.58. The van der Waals surface area contributed by atoms with E-state index in [9.17, 15) is 9.90 Å². The highest BCUT2D eigenvalue weighted by Gasteiger charge is 2.54. The first-order valence-corrected chi connectivity index (χ1v) is 7.47. The average molecular weight is 324 g/mol. The maximum absolute atomic E-state index is 11.6. The molecule has 4 atom stereocenters. The molecule has 2 aliphatic rings. The highest BCUT2D eigenvalue weighted by atomic mass is 16.8. The van der Waals surface area contributed by atoms with Gasteiger partial charge in [-0.05, 0) is 19.4 Å². The Morgan fingerprint density at radius 2 is 1.96 bits per heavy atom. The minimum Gasteiger partial charge on any atom is -0.431 e. The molecule has 0 amide bonds. The van der Waals surface area contributed by atoms with Crippen LogP contribution in [0.3, 0.4) is 0 Å². The molecule has 1 aromatic carbocycles. The number of aliphatic hydroxyl groups excluding tert-OH is 1. The molecule has 2 fully saturated rings. The van der Waals surface area contributed by atoms with E-state index in [1.54, 1.807) is 13.8 Å². The molecule has 0 spiro atoms. The number of rotatable bonds is 4. The molecule has 2 aliphatic heterocycles. The third-order valence-corrected chi connectivity index (χ3v) is 3.68.